The molecule has 1 N–H and O–H groups in total. The lowest BCUT2D eigenvalue weighted by Crippen LogP contribution is -2.45. The summed E-state index contributed by atoms with van der Waals surface area (Å²) < 4.78 is 0. The van der Waals surface area contributed by atoms with Gasteiger partial charge in [-0.1, -0.05) is 37.3 Å². The lowest BCUT2D eigenvalue weighted by molar-refractivity contribution is 0.311. The second-order valence-corrected chi connectivity index (χ2v) is 7.20. The average molecular weight is 390 g/mol. The van der Waals surface area contributed by atoms with Gasteiger partial charge in [0.1, 0.15) is 5.82 Å². The summed E-state index contributed by atoms with van der Waals surface area (Å²) in [6, 6.07) is 10.2. The van der Waals surface area contributed by atoms with Gasteiger partial charge in [0.05, 0.1) is 18.1 Å². The Labute approximate surface area is 171 Å². The van der Waals surface area contributed by atoms with E-state index in [4.69, 9.17) is 0 Å². The van der Waals surface area contributed by atoms with E-state index < -0.39 is 0 Å². The summed E-state index contributed by atoms with van der Waals surface area (Å²) in [5.41, 5.74) is 2.13. The monoisotopic (exact) mass is 390 g/mol. The van der Waals surface area contributed by atoms with E-state index in [1.165, 1.54) is 5.56 Å². The van der Waals surface area contributed by atoms with E-state index in [0.29, 0.717) is 11.8 Å². The van der Waals surface area contributed by atoms with Crippen molar-refractivity contribution in [1.29, 1.82) is 0 Å². The largest absolute Gasteiger partial charge is 0.338 e. The van der Waals surface area contributed by atoms with Gasteiger partial charge in [0.15, 0.2) is 5.82 Å². The Kier molecular flexibility index (Phi) is 5.90. The minimum absolute atomic E-state index is 0.510. The van der Waals surface area contributed by atoms with E-state index in [0.717, 1.165) is 56.5 Å². The standard InChI is InChI=1S/C21H26N8/c1-3-18-24-20(27-21(26-18)29-11-9-28(2)10-12-29)25-19-15-22-17(14-23-19)13-16-7-5-4-6-8-16/h4-8,14-15H,3,9-13H2,1-2H3,(H,23,24,25,26,27). The molecule has 0 radical (unpaired) electrons. The van der Waals surface area contributed by atoms with E-state index in [1.54, 1.807) is 12.4 Å². The maximum absolute atomic E-state index is 4.62. The fraction of sp³-hybridized carbons (Fsp3) is 0.381. The summed E-state index contributed by atoms with van der Waals surface area (Å²) in [4.78, 5) is 27.3. The fourth-order valence-corrected chi connectivity index (χ4v) is 3.20. The highest BCUT2D eigenvalue weighted by molar-refractivity contribution is 5.48. The predicted octanol–water partition coefficient (Wildman–Crippen LogP) is 2.31. The van der Waals surface area contributed by atoms with E-state index in [2.05, 4.69) is 59.2 Å². The van der Waals surface area contributed by atoms with Gasteiger partial charge >= 0.3 is 0 Å². The van der Waals surface area contributed by atoms with Crippen LogP contribution in [0.15, 0.2) is 42.7 Å². The van der Waals surface area contributed by atoms with E-state index in [1.807, 2.05) is 25.1 Å². The van der Waals surface area contributed by atoms with Crippen LogP contribution in [-0.2, 0) is 12.8 Å². The Morgan fingerprint density at radius 2 is 1.72 bits per heavy atom. The maximum atomic E-state index is 4.62. The second kappa shape index (κ2) is 8.91. The molecule has 1 aromatic carbocycles. The van der Waals surface area contributed by atoms with E-state index >= 15 is 0 Å². The number of hydrogen-bond acceptors (Lipinski definition) is 8. The number of aryl methyl sites for hydroxylation is 1. The minimum atomic E-state index is 0.510. The molecule has 0 bridgehead atoms. The number of aromatic nitrogens is 5. The number of rotatable bonds is 6. The van der Waals surface area contributed by atoms with Crippen LogP contribution in [0.3, 0.4) is 0 Å². The Bertz CT molecular complexity index is 921. The third kappa shape index (κ3) is 5.03. The number of nitrogens with one attached hydrogen (secondary N) is 1. The molecule has 3 heterocycles. The normalized spacial score (nSPS) is 14.8. The van der Waals surface area contributed by atoms with Crippen molar-refractivity contribution in [3.05, 3.63) is 59.8 Å². The summed E-state index contributed by atoms with van der Waals surface area (Å²) in [5.74, 6) is 2.63. The van der Waals surface area contributed by atoms with Gasteiger partial charge in [-0.15, -0.1) is 0 Å². The van der Waals surface area contributed by atoms with Crippen LogP contribution in [0.5, 0.6) is 0 Å². The number of hydrogen-bond donors (Lipinski definition) is 1. The first-order chi connectivity index (χ1) is 14.2. The molecule has 1 aliphatic heterocycles. The van der Waals surface area contributed by atoms with Crippen molar-refractivity contribution in [2.24, 2.45) is 0 Å². The van der Waals surface area contributed by atoms with Crippen molar-refractivity contribution in [1.82, 2.24) is 29.8 Å². The average Bonchev–Trinajstić information content (AvgIpc) is 2.76. The smallest absolute Gasteiger partial charge is 0.233 e. The van der Waals surface area contributed by atoms with Gasteiger partial charge in [0.25, 0.3) is 0 Å². The molecule has 1 saturated heterocycles. The van der Waals surface area contributed by atoms with Crippen LogP contribution >= 0.6 is 0 Å². The molecule has 0 atom stereocenters. The second-order valence-electron chi connectivity index (χ2n) is 7.20. The Morgan fingerprint density at radius 3 is 2.41 bits per heavy atom. The molecular weight excluding hydrogens is 364 g/mol. The molecule has 3 aromatic rings. The van der Waals surface area contributed by atoms with Gasteiger partial charge in [-0.2, -0.15) is 15.0 Å². The van der Waals surface area contributed by atoms with Crippen LogP contribution in [0.25, 0.3) is 0 Å². The lowest BCUT2D eigenvalue weighted by Gasteiger charge is -2.32. The molecule has 0 amide bonds. The first kappa shape index (κ1) is 19.2. The molecule has 0 aliphatic carbocycles. The highest BCUT2D eigenvalue weighted by Crippen LogP contribution is 2.16. The van der Waals surface area contributed by atoms with Crippen molar-refractivity contribution in [2.45, 2.75) is 19.8 Å². The van der Waals surface area contributed by atoms with Gasteiger partial charge in [-0.05, 0) is 12.6 Å². The molecule has 8 heteroatoms. The van der Waals surface area contributed by atoms with Crippen molar-refractivity contribution >= 4 is 17.7 Å². The Morgan fingerprint density at radius 1 is 0.931 bits per heavy atom. The number of piperazine rings is 1. The van der Waals surface area contributed by atoms with Gasteiger partial charge in [0.2, 0.25) is 11.9 Å². The summed E-state index contributed by atoms with van der Waals surface area (Å²) in [6.45, 7) is 5.88. The molecule has 2 aromatic heterocycles. The SMILES string of the molecule is CCc1nc(Nc2cnc(Cc3ccccc3)cn2)nc(N2CCN(C)CC2)n1. The summed E-state index contributed by atoms with van der Waals surface area (Å²) >= 11 is 0. The van der Waals surface area contributed by atoms with Crippen molar-refractivity contribution in [2.75, 3.05) is 43.4 Å². The van der Waals surface area contributed by atoms with Crippen molar-refractivity contribution < 1.29 is 0 Å². The fourth-order valence-electron chi connectivity index (χ4n) is 3.20. The minimum Gasteiger partial charge on any atom is -0.338 e. The number of nitrogens with zero attached hydrogens (tertiary/aromatic N) is 7. The zero-order chi connectivity index (χ0) is 20.1. The summed E-state index contributed by atoms with van der Waals surface area (Å²) in [7, 11) is 2.13. The van der Waals surface area contributed by atoms with Crippen LogP contribution in [0.4, 0.5) is 17.7 Å². The molecule has 4 rings (SSSR count). The van der Waals surface area contributed by atoms with Crippen molar-refractivity contribution in [3.63, 3.8) is 0 Å². The van der Waals surface area contributed by atoms with E-state index in [-0.39, 0.29) is 0 Å². The molecule has 1 fully saturated rings. The molecule has 0 saturated carbocycles. The summed E-state index contributed by atoms with van der Waals surface area (Å²) in [6.07, 6.45) is 5.02. The number of likely N-dealkylation sites (N-methyl/N-ethyl adjacent to an activating group) is 1. The molecule has 8 nitrogen and oxygen atoms in total. The highest BCUT2D eigenvalue weighted by atomic mass is 15.3. The molecule has 150 valence electrons. The number of anilines is 3. The highest BCUT2D eigenvalue weighted by Gasteiger charge is 2.18. The van der Waals surface area contributed by atoms with Gasteiger partial charge in [0, 0.05) is 39.0 Å². The van der Waals surface area contributed by atoms with Gasteiger partial charge in [-0.3, -0.25) is 4.98 Å². The Balaban J connectivity index is 1.47. The molecular formula is C21H26N8. The zero-order valence-electron chi connectivity index (χ0n) is 16.9. The van der Waals surface area contributed by atoms with Crippen LogP contribution in [0, 0.1) is 0 Å². The third-order valence-corrected chi connectivity index (χ3v) is 4.95. The van der Waals surface area contributed by atoms with Gasteiger partial charge in [-0.25, -0.2) is 4.98 Å². The Hall–Kier alpha value is -3.13. The zero-order valence-corrected chi connectivity index (χ0v) is 16.9. The van der Waals surface area contributed by atoms with Crippen molar-refractivity contribution in [3.8, 4) is 0 Å². The van der Waals surface area contributed by atoms with Crippen LogP contribution in [0.2, 0.25) is 0 Å². The number of benzene rings is 1. The lowest BCUT2D eigenvalue weighted by atomic mass is 10.1. The third-order valence-electron chi connectivity index (χ3n) is 4.95. The first-order valence-corrected chi connectivity index (χ1v) is 10.00. The van der Waals surface area contributed by atoms with Gasteiger partial charge < -0.3 is 15.1 Å². The van der Waals surface area contributed by atoms with Crippen LogP contribution < -0.4 is 10.2 Å². The van der Waals surface area contributed by atoms with E-state index in [9.17, 15) is 0 Å². The van der Waals surface area contributed by atoms with Crippen LogP contribution in [0.1, 0.15) is 24.0 Å². The molecule has 0 unspecified atom stereocenters. The maximum Gasteiger partial charge on any atom is 0.233 e. The topological polar surface area (TPSA) is 83.0 Å². The van der Waals surface area contributed by atoms with Crippen LogP contribution in [-0.4, -0.2) is 63.0 Å². The molecule has 0 spiro atoms. The summed E-state index contributed by atoms with van der Waals surface area (Å²) in [5, 5.41) is 3.19. The predicted molar refractivity (Wildman–Crippen MR) is 113 cm³/mol. The molecule has 29 heavy (non-hydrogen) atoms. The molecule has 1 aliphatic rings. The quantitative estimate of drug-likeness (QED) is 0.687. The first-order valence-electron chi connectivity index (χ1n) is 10.00.